The van der Waals surface area contributed by atoms with Crippen molar-refractivity contribution in [3.8, 4) is 0 Å². The zero-order valence-corrected chi connectivity index (χ0v) is 15.9. The first-order valence-electron chi connectivity index (χ1n) is 9.38. The molecule has 3 aromatic rings. The lowest BCUT2D eigenvalue weighted by atomic mass is 10.2. The van der Waals surface area contributed by atoms with E-state index < -0.39 is 0 Å². The van der Waals surface area contributed by atoms with Crippen molar-refractivity contribution in [2.75, 3.05) is 25.4 Å². The van der Waals surface area contributed by atoms with Gasteiger partial charge in [0.05, 0.1) is 10.9 Å². The molecule has 2 N–H and O–H groups in total. The third-order valence-electron chi connectivity index (χ3n) is 4.77. The summed E-state index contributed by atoms with van der Waals surface area (Å²) < 4.78 is 1.75. The van der Waals surface area contributed by atoms with Gasteiger partial charge in [-0.05, 0) is 42.9 Å². The maximum Gasteiger partial charge on any atom is 0.261 e. The molecule has 27 heavy (non-hydrogen) atoms. The Morgan fingerprint density at radius 2 is 1.81 bits per heavy atom. The molecule has 0 radical (unpaired) electrons. The summed E-state index contributed by atoms with van der Waals surface area (Å²) >= 11 is 0. The van der Waals surface area contributed by atoms with Crippen molar-refractivity contribution in [2.24, 2.45) is 0 Å². The van der Waals surface area contributed by atoms with Crippen LogP contribution >= 0.6 is 0 Å². The minimum atomic E-state index is -0.0489. The zero-order chi connectivity index (χ0) is 19.2. The van der Waals surface area contributed by atoms with Crippen molar-refractivity contribution in [2.45, 2.75) is 20.4 Å². The SMILES string of the molecule is CCN(CC)CCn1c(/C=C/c2ccccc2)nc2ccc(N)cc2c1=O. The third-order valence-corrected chi connectivity index (χ3v) is 4.77. The molecule has 0 unspecified atom stereocenters. The Labute approximate surface area is 159 Å². The van der Waals surface area contributed by atoms with Crippen LogP contribution in [0.3, 0.4) is 0 Å². The molecular formula is C22H26N4O. The highest BCUT2D eigenvalue weighted by atomic mass is 16.1. The van der Waals surface area contributed by atoms with Crippen LogP contribution in [-0.2, 0) is 6.54 Å². The van der Waals surface area contributed by atoms with Crippen molar-refractivity contribution in [3.63, 3.8) is 0 Å². The van der Waals surface area contributed by atoms with Gasteiger partial charge in [0.25, 0.3) is 5.56 Å². The second-order valence-electron chi connectivity index (χ2n) is 6.47. The smallest absolute Gasteiger partial charge is 0.261 e. The van der Waals surface area contributed by atoms with Crippen molar-refractivity contribution >= 4 is 28.7 Å². The summed E-state index contributed by atoms with van der Waals surface area (Å²) in [6.07, 6.45) is 3.90. The largest absolute Gasteiger partial charge is 0.399 e. The van der Waals surface area contributed by atoms with E-state index in [9.17, 15) is 4.79 Å². The summed E-state index contributed by atoms with van der Waals surface area (Å²) in [4.78, 5) is 20.1. The molecule has 0 bridgehead atoms. The molecule has 0 aliphatic carbocycles. The molecule has 0 fully saturated rings. The first kappa shape index (κ1) is 18.9. The standard InChI is InChI=1S/C22H26N4O/c1-3-25(4-2)14-15-26-21(13-10-17-8-6-5-7-9-17)24-20-12-11-18(23)16-19(20)22(26)27/h5-13,16H,3-4,14-15,23H2,1-2H3/b13-10+. The molecule has 5 heteroatoms. The van der Waals surface area contributed by atoms with Crippen LogP contribution < -0.4 is 11.3 Å². The Kier molecular flexibility index (Phi) is 6.04. The molecule has 140 valence electrons. The molecule has 1 heterocycles. The highest BCUT2D eigenvalue weighted by Gasteiger charge is 2.11. The number of rotatable bonds is 7. The second kappa shape index (κ2) is 8.64. The zero-order valence-electron chi connectivity index (χ0n) is 15.9. The van der Waals surface area contributed by atoms with Gasteiger partial charge in [0.1, 0.15) is 5.82 Å². The number of nitrogens with zero attached hydrogens (tertiary/aromatic N) is 3. The molecule has 1 aromatic heterocycles. The van der Waals surface area contributed by atoms with Crippen molar-refractivity contribution in [1.29, 1.82) is 0 Å². The van der Waals surface area contributed by atoms with E-state index in [2.05, 4.69) is 18.7 Å². The highest BCUT2D eigenvalue weighted by Crippen LogP contribution is 2.14. The van der Waals surface area contributed by atoms with E-state index >= 15 is 0 Å². The average Bonchev–Trinajstić information content (AvgIpc) is 2.70. The van der Waals surface area contributed by atoms with Crippen LogP contribution in [0.5, 0.6) is 0 Å². The Hall–Kier alpha value is -2.92. The number of aromatic nitrogens is 2. The fraction of sp³-hybridized carbons (Fsp3) is 0.273. The van der Waals surface area contributed by atoms with E-state index in [0.717, 1.165) is 25.2 Å². The number of benzene rings is 2. The van der Waals surface area contributed by atoms with Crippen LogP contribution in [0.1, 0.15) is 25.2 Å². The van der Waals surface area contributed by atoms with Gasteiger partial charge in [-0.15, -0.1) is 0 Å². The van der Waals surface area contributed by atoms with Crippen LogP contribution in [0.4, 0.5) is 5.69 Å². The Morgan fingerprint density at radius 1 is 1.07 bits per heavy atom. The minimum absolute atomic E-state index is 0.0489. The van der Waals surface area contributed by atoms with Gasteiger partial charge in [-0.3, -0.25) is 9.36 Å². The Balaban J connectivity index is 2.06. The highest BCUT2D eigenvalue weighted by molar-refractivity contribution is 5.82. The summed E-state index contributed by atoms with van der Waals surface area (Å²) in [6.45, 7) is 7.55. The van der Waals surface area contributed by atoms with E-state index in [1.54, 1.807) is 22.8 Å². The number of nitrogen functional groups attached to an aromatic ring is 1. The number of anilines is 1. The maximum atomic E-state index is 13.1. The fourth-order valence-corrected chi connectivity index (χ4v) is 3.12. The molecule has 3 rings (SSSR count). The lowest BCUT2D eigenvalue weighted by Gasteiger charge is -2.19. The predicted molar refractivity (Wildman–Crippen MR) is 114 cm³/mol. The van der Waals surface area contributed by atoms with Crippen LogP contribution in [0.15, 0.2) is 53.3 Å². The van der Waals surface area contributed by atoms with Crippen molar-refractivity contribution < 1.29 is 0 Å². The molecule has 0 atom stereocenters. The van der Waals surface area contributed by atoms with E-state index in [1.165, 1.54) is 0 Å². The van der Waals surface area contributed by atoms with Gasteiger partial charge >= 0.3 is 0 Å². The number of hydrogen-bond acceptors (Lipinski definition) is 4. The Bertz CT molecular complexity index is 988. The second-order valence-corrected chi connectivity index (χ2v) is 6.47. The van der Waals surface area contributed by atoms with E-state index in [1.807, 2.05) is 42.5 Å². The first-order valence-corrected chi connectivity index (χ1v) is 9.38. The number of hydrogen-bond donors (Lipinski definition) is 1. The van der Waals surface area contributed by atoms with E-state index in [4.69, 9.17) is 10.7 Å². The van der Waals surface area contributed by atoms with Gasteiger partial charge in [0.2, 0.25) is 0 Å². The van der Waals surface area contributed by atoms with Crippen LogP contribution in [0, 0.1) is 0 Å². The van der Waals surface area contributed by atoms with Gasteiger partial charge in [0, 0.05) is 18.8 Å². The predicted octanol–water partition coefficient (Wildman–Crippen LogP) is 3.49. The lowest BCUT2D eigenvalue weighted by molar-refractivity contribution is 0.288. The number of likely N-dealkylation sites (N-methyl/N-ethyl adjacent to an activating group) is 1. The summed E-state index contributed by atoms with van der Waals surface area (Å²) in [5, 5.41) is 0.561. The van der Waals surface area contributed by atoms with Gasteiger partial charge in [-0.25, -0.2) is 4.98 Å². The van der Waals surface area contributed by atoms with Gasteiger partial charge in [-0.2, -0.15) is 0 Å². The summed E-state index contributed by atoms with van der Waals surface area (Å²) in [6, 6.07) is 15.3. The van der Waals surface area contributed by atoms with Crippen LogP contribution in [0.25, 0.3) is 23.1 Å². The number of fused-ring (bicyclic) bond motifs is 1. The molecule has 0 aliphatic heterocycles. The first-order chi connectivity index (χ1) is 13.1. The molecule has 0 aliphatic rings. The summed E-state index contributed by atoms with van der Waals surface area (Å²) in [7, 11) is 0. The number of nitrogens with two attached hydrogens (primary N) is 1. The average molecular weight is 362 g/mol. The monoisotopic (exact) mass is 362 g/mol. The van der Waals surface area contributed by atoms with Crippen LogP contribution in [-0.4, -0.2) is 34.1 Å². The molecule has 0 amide bonds. The summed E-state index contributed by atoms with van der Waals surface area (Å²) in [5.41, 5.74) is 8.14. The fourth-order valence-electron chi connectivity index (χ4n) is 3.12. The Morgan fingerprint density at radius 3 is 2.52 bits per heavy atom. The van der Waals surface area contributed by atoms with Gasteiger partial charge < -0.3 is 10.6 Å². The van der Waals surface area contributed by atoms with Gasteiger partial charge in [0.15, 0.2) is 0 Å². The van der Waals surface area contributed by atoms with Gasteiger partial charge in [-0.1, -0.05) is 50.3 Å². The normalized spacial score (nSPS) is 11.7. The van der Waals surface area contributed by atoms with Crippen LogP contribution in [0.2, 0.25) is 0 Å². The molecule has 0 saturated carbocycles. The van der Waals surface area contributed by atoms with E-state index in [-0.39, 0.29) is 5.56 Å². The molecule has 5 nitrogen and oxygen atoms in total. The lowest BCUT2D eigenvalue weighted by Crippen LogP contribution is -2.32. The minimum Gasteiger partial charge on any atom is -0.399 e. The quantitative estimate of drug-likeness (QED) is 0.654. The summed E-state index contributed by atoms with van der Waals surface area (Å²) in [5.74, 6) is 0.660. The van der Waals surface area contributed by atoms with Crippen molar-refractivity contribution in [1.82, 2.24) is 14.5 Å². The third kappa shape index (κ3) is 4.44. The molecule has 2 aromatic carbocycles. The maximum absolute atomic E-state index is 13.1. The molecular weight excluding hydrogens is 336 g/mol. The van der Waals surface area contributed by atoms with Crippen molar-refractivity contribution in [3.05, 3.63) is 70.3 Å². The molecule has 0 spiro atoms. The molecule has 0 saturated heterocycles. The van der Waals surface area contributed by atoms with E-state index in [0.29, 0.717) is 29.0 Å². The topological polar surface area (TPSA) is 64.2 Å².